The molecule has 1 unspecified atom stereocenters. The normalized spacial score (nSPS) is 12.2. The van der Waals surface area contributed by atoms with E-state index in [-0.39, 0.29) is 13.0 Å². The molecular weight excluding hydrogens is 310 g/mol. The van der Waals surface area contributed by atoms with Crippen LogP contribution < -0.4 is 0 Å². The Bertz CT molecular complexity index is 608. The van der Waals surface area contributed by atoms with E-state index < -0.39 is 17.9 Å². The predicted molar refractivity (Wildman–Crippen MR) is 82.7 cm³/mol. The summed E-state index contributed by atoms with van der Waals surface area (Å²) < 4.78 is 6.68. The highest BCUT2D eigenvalue weighted by molar-refractivity contribution is 8.01. The van der Waals surface area contributed by atoms with Crippen LogP contribution in [0.3, 0.4) is 0 Å². The molecule has 1 aromatic carbocycles. The molecule has 112 valence electrons. The highest BCUT2D eigenvalue weighted by Crippen LogP contribution is 2.31. The van der Waals surface area contributed by atoms with Crippen molar-refractivity contribution in [2.75, 3.05) is 12.4 Å². The molecule has 0 saturated heterocycles. The molecule has 1 heterocycles. The van der Waals surface area contributed by atoms with Crippen LogP contribution in [-0.2, 0) is 14.3 Å². The molecule has 0 saturated carbocycles. The van der Waals surface area contributed by atoms with Crippen LogP contribution in [0.25, 0.3) is 10.2 Å². The van der Waals surface area contributed by atoms with Gasteiger partial charge < -0.3 is 9.84 Å². The number of aromatic nitrogens is 1. The van der Waals surface area contributed by atoms with Crippen LogP contribution in [0.4, 0.5) is 0 Å². The van der Waals surface area contributed by atoms with Crippen molar-refractivity contribution in [2.24, 2.45) is 5.92 Å². The summed E-state index contributed by atoms with van der Waals surface area (Å²) in [6.45, 7) is 1.96. The van der Waals surface area contributed by atoms with Crippen LogP contribution in [0, 0.1) is 5.92 Å². The monoisotopic (exact) mass is 325 g/mol. The number of fused-ring (bicyclic) bond motifs is 1. The average molecular weight is 325 g/mol. The molecule has 2 aromatic rings. The van der Waals surface area contributed by atoms with Crippen molar-refractivity contribution < 1.29 is 19.4 Å². The minimum atomic E-state index is -0.989. The predicted octanol–water partition coefficient (Wildman–Crippen LogP) is 3.04. The van der Waals surface area contributed by atoms with Crippen LogP contribution in [0.15, 0.2) is 28.6 Å². The van der Waals surface area contributed by atoms with Gasteiger partial charge in [0.25, 0.3) is 0 Å². The number of rotatable bonds is 7. The highest BCUT2D eigenvalue weighted by atomic mass is 32.2. The van der Waals surface area contributed by atoms with Crippen LogP contribution in [0.2, 0.25) is 0 Å². The number of para-hydroxylation sites is 1. The zero-order valence-corrected chi connectivity index (χ0v) is 13.1. The molecule has 1 aromatic heterocycles. The smallest absolute Gasteiger partial charge is 0.307 e. The largest absolute Gasteiger partial charge is 0.481 e. The molecule has 2 rings (SSSR count). The average Bonchev–Trinajstić information content (AvgIpc) is 2.86. The molecule has 0 aliphatic heterocycles. The van der Waals surface area contributed by atoms with Crippen molar-refractivity contribution >= 4 is 45.3 Å². The summed E-state index contributed by atoms with van der Waals surface area (Å²) in [7, 11) is 0. The molecular formula is C14H15NO4S2. The number of esters is 1. The zero-order valence-electron chi connectivity index (χ0n) is 11.4. The van der Waals surface area contributed by atoms with E-state index in [0.29, 0.717) is 5.75 Å². The number of carboxylic acid groups (broad SMARTS) is 1. The fraction of sp³-hybridized carbons (Fsp3) is 0.357. The molecule has 0 aliphatic carbocycles. The van der Waals surface area contributed by atoms with Gasteiger partial charge in [-0.25, -0.2) is 4.98 Å². The number of nitrogens with zero attached hydrogens (tertiary/aromatic N) is 1. The lowest BCUT2D eigenvalue weighted by Crippen LogP contribution is -2.21. The van der Waals surface area contributed by atoms with Crippen LogP contribution in [0.1, 0.15) is 13.3 Å². The van der Waals surface area contributed by atoms with Crippen molar-refractivity contribution in [2.45, 2.75) is 17.7 Å². The summed E-state index contributed by atoms with van der Waals surface area (Å²) in [5.41, 5.74) is 0.905. The first-order chi connectivity index (χ1) is 10.1. The van der Waals surface area contributed by atoms with Gasteiger partial charge in [-0.3, -0.25) is 9.59 Å². The van der Waals surface area contributed by atoms with Gasteiger partial charge in [-0.05, 0) is 19.1 Å². The molecule has 0 radical (unpaired) electrons. The van der Waals surface area contributed by atoms with Crippen molar-refractivity contribution in [3.63, 3.8) is 0 Å². The van der Waals surface area contributed by atoms with Gasteiger partial charge >= 0.3 is 11.9 Å². The third kappa shape index (κ3) is 4.44. The molecule has 21 heavy (non-hydrogen) atoms. The summed E-state index contributed by atoms with van der Waals surface area (Å²) >= 11 is 2.88. The maximum Gasteiger partial charge on any atom is 0.307 e. The fourth-order valence-electron chi connectivity index (χ4n) is 1.72. The standard InChI is InChI=1S/C14H15NO4S2/c1-2-19-12(16)7-9(13(17)18)8-20-14-15-10-5-3-4-6-11(10)21-14/h3-6,9H,2,7-8H2,1H3,(H,17,18). The number of carbonyl (C=O) groups excluding carboxylic acids is 1. The van der Waals surface area contributed by atoms with Crippen molar-refractivity contribution in [3.8, 4) is 0 Å². The molecule has 0 amide bonds. The molecule has 1 N–H and O–H groups in total. The first-order valence-electron chi connectivity index (χ1n) is 6.47. The molecule has 5 nitrogen and oxygen atoms in total. The third-order valence-electron chi connectivity index (χ3n) is 2.75. The van der Waals surface area contributed by atoms with Crippen LogP contribution in [0.5, 0.6) is 0 Å². The van der Waals surface area contributed by atoms with Crippen molar-refractivity contribution in [1.29, 1.82) is 0 Å². The number of aliphatic carboxylic acids is 1. The van der Waals surface area contributed by atoms with Crippen LogP contribution in [-0.4, -0.2) is 34.4 Å². The van der Waals surface area contributed by atoms with Crippen molar-refractivity contribution in [1.82, 2.24) is 4.98 Å². The Labute approximate surface area is 130 Å². The lowest BCUT2D eigenvalue weighted by molar-refractivity contribution is -0.150. The zero-order chi connectivity index (χ0) is 15.2. The Morgan fingerprint density at radius 3 is 2.86 bits per heavy atom. The second-order valence-corrected chi connectivity index (χ2v) is 6.60. The van der Waals surface area contributed by atoms with Gasteiger partial charge in [0.05, 0.1) is 29.2 Å². The second kappa shape index (κ2) is 7.42. The number of hydrogen-bond donors (Lipinski definition) is 1. The van der Waals surface area contributed by atoms with Crippen molar-refractivity contribution in [3.05, 3.63) is 24.3 Å². The van der Waals surface area contributed by atoms with Gasteiger partial charge in [0, 0.05) is 5.75 Å². The topological polar surface area (TPSA) is 76.5 Å². The van der Waals surface area contributed by atoms with Gasteiger partial charge in [-0.15, -0.1) is 11.3 Å². The molecule has 0 spiro atoms. The first kappa shape index (κ1) is 15.8. The molecule has 7 heteroatoms. The maximum atomic E-state index is 11.4. The molecule has 0 bridgehead atoms. The minimum absolute atomic E-state index is 0.110. The van der Waals surface area contributed by atoms with Gasteiger partial charge in [0.1, 0.15) is 0 Å². The molecule has 1 atom stereocenters. The summed E-state index contributed by atoms with van der Waals surface area (Å²) in [6, 6.07) is 7.75. The van der Waals surface area contributed by atoms with E-state index in [4.69, 9.17) is 4.74 Å². The van der Waals surface area contributed by atoms with E-state index >= 15 is 0 Å². The first-order valence-corrected chi connectivity index (χ1v) is 8.27. The molecule has 0 aliphatic rings. The number of ether oxygens (including phenoxy) is 1. The minimum Gasteiger partial charge on any atom is -0.481 e. The lowest BCUT2D eigenvalue weighted by Gasteiger charge is -2.09. The number of carbonyl (C=O) groups is 2. The number of carboxylic acids is 1. The number of benzene rings is 1. The number of thiazole rings is 1. The highest BCUT2D eigenvalue weighted by Gasteiger charge is 2.23. The van der Waals surface area contributed by atoms with E-state index in [0.717, 1.165) is 14.6 Å². The van der Waals surface area contributed by atoms with E-state index in [2.05, 4.69) is 4.98 Å². The Balaban J connectivity index is 1.97. The summed E-state index contributed by atoms with van der Waals surface area (Å²) in [5.74, 6) is -1.93. The molecule has 0 fully saturated rings. The quantitative estimate of drug-likeness (QED) is 0.623. The van der Waals surface area contributed by atoms with Crippen LogP contribution >= 0.6 is 23.1 Å². The second-order valence-electron chi connectivity index (χ2n) is 4.30. The Morgan fingerprint density at radius 2 is 2.19 bits per heavy atom. The Morgan fingerprint density at radius 1 is 1.43 bits per heavy atom. The summed E-state index contributed by atoms with van der Waals surface area (Å²) in [5, 5.41) is 9.17. The SMILES string of the molecule is CCOC(=O)CC(CSc1nc2ccccc2s1)C(=O)O. The van der Waals surface area contributed by atoms with E-state index in [9.17, 15) is 14.7 Å². The number of thioether (sulfide) groups is 1. The summed E-state index contributed by atoms with van der Waals surface area (Å²) in [4.78, 5) is 27.0. The Kier molecular flexibility index (Phi) is 5.58. The lowest BCUT2D eigenvalue weighted by atomic mass is 10.1. The fourth-order valence-corrected chi connectivity index (χ4v) is 3.90. The number of hydrogen-bond acceptors (Lipinski definition) is 6. The van der Waals surface area contributed by atoms with E-state index in [1.807, 2.05) is 24.3 Å². The van der Waals surface area contributed by atoms with E-state index in [1.54, 1.807) is 6.92 Å². The van der Waals surface area contributed by atoms with Gasteiger partial charge in [-0.2, -0.15) is 0 Å². The maximum absolute atomic E-state index is 11.4. The summed E-state index contributed by atoms with van der Waals surface area (Å²) in [6.07, 6.45) is -0.110. The van der Waals surface area contributed by atoms with Gasteiger partial charge in [-0.1, -0.05) is 23.9 Å². The van der Waals surface area contributed by atoms with E-state index in [1.165, 1.54) is 23.1 Å². The Hall–Kier alpha value is -1.60. The third-order valence-corrected chi connectivity index (χ3v) is 5.09. The van der Waals surface area contributed by atoms with Gasteiger partial charge in [0.2, 0.25) is 0 Å². The van der Waals surface area contributed by atoms with Gasteiger partial charge in [0.15, 0.2) is 4.34 Å².